The van der Waals surface area contributed by atoms with Crippen LogP contribution in [0.5, 0.6) is 17.2 Å². The lowest BCUT2D eigenvalue weighted by molar-refractivity contribution is -0.134. The Hall–Kier alpha value is -3.22. The number of piperazine rings is 1. The van der Waals surface area contributed by atoms with Crippen LogP contribution >= 0.6 is 0 Å². The predicted octanol–water partition coefficient (Wildman–Crippen LogP) is 3.02. The maximum Gasteiger partial charge on any atom is 0.261 e. The Labute approximate surface area is 183 Å². The minimum Gasteiger partial charge on any atom is -0.496 e. The van der Waals surface area contributed by atoms with E-state index in [1.54, 1.807) is 28.0 Å². The van der Waals surface area contributed by atoms with Crippen molar-refractivity contribution in [2.24, 2.45) is 0 Å². The molecule has 1 aliphatic heterocycles. The van der Waals surface area contributed by atoms with E-state index in [-0.39, 0.29) is 18.4 Å². The van der Waals surface area contributed by atoms with Gasteiger partial charge in [-0.15, -0.1) is 0 Å². The molecule has 0 bridgehead atoms. The normalized spacial score (nSPS) is 13.6. The van der Waals surface area contributed by atoms with Crippen LogP contribution in [0.4, 0.5) is 0 Å². The van der Waals surface area contributed by atoms with E-state index in [9.17, 15) is 9.59 Å². The van der Waals surface area contributed by atoms with E-state index < -0.39 is 0 Å². The second-order valence-corrected chi connectivity index (χ2v) is 7.39. The van der Waals surface area contributed by atoms with Crippen LogP contribution in [0.15, 0.2) is 42.5 Å². The summed E-state index contributed by atoms with van der Waals surface area (Å²) < 4.78 is 16.3. The number of hydrogen-bond acceptors (Lipinski definition) is 5. The Morgan fingerprint density at radius 1 is 0.871 bits per heavy atom. The van der Waals surface area contributed by atoms with E-state index in [1.165, 1.54) is 19.8 Å². The van der Waals surface area contributed by atoms with Crippen LogP contribution < -0.4 is 14.2 Å². The quantitative estimate of drug-likeness (QED) is 0.649. The molecule has 0 aliphatic carbocycles. The number of ether oxygens (including phenoxy) is 3. The summed E-state index contributed by atoms with van der Waals surface area (Å²) >= 11 is 0. The Morgan fingerprint density at radius 3 is 2.00 bits per heavy atom. The molecule has 1 aliphatic rings. The molecule has 1 heterocycles. The summed E-state index contributed by atoms with van der Waals surface area (Å²) in [6, 6.07) is 13.1. The van der Waals surface area contributed by atoms with E-state index in [2.05, 4.69) is 6.92 Å². The van der Waals surface area contributed by atoms with Crippen LogP contribution in [-0.4, -0.2) is 68.6 Å². The number of aryl methyl sites for hydroxylation is 1. The van der Waals surface area contributed by atoms with Gasteiger partial charge in [0.05, 0.1) is 14.2 Å². The molecule has 2 amide bonds. The van der Waals surface area contributed by atoms with Crippen LogP contribution in [0, 0.1) is 0 Å². The number of nitrogens with zero attached hydrogens (tertiary/aromatic N) is 2. The van der Waals surface area contributed by atoms with Crippen molar-refractivity contribution < 1.29 is 23.8 Å². The summed E-state index contributed by atoms with van der Waals surface area (Å²) in [4.78, 5) is 29.1. The molecule has 2 aromatic carbocycles. The summed E-state index contributed by atoms with van der Waals surface area (Å²) in [5.41, 5.74) is 1.66. The first-order valence-electron chi connectivity index (χ1n) is 10.6. The van der Waals surface area contributed by atoms with Crippen molar-refractivity contribution in [2.45, 2.75) is 19.8 Å². The van der Waals surface area contributed by atoms with Crippen molar-refractivity contribution in [3.63, 3.8) is 0 Å². The summed E-state index contributed by atoms with van der Waals surface area (Å²) in [7, 11) is 3.05. The molecule has 166 valence electrons. The third-order valence-electron chi connectivity index (χ3n) is 5.39. The Bertz CT molecular complexity index is 867. The zero-order valence-electron chi connectivity index (χ0n) is 18.4. The average molecular weight is 427 g/mol. The molecule has 0 spiro atoms. The van der Waals surface area contributed by atoms with Gasteiger partial charge >= 0.3 is 0 Å². The number of rotatable bonds is 8. The molecule has 0 unspecified atom stereocenters. The zero-order valence-corrected chi connectivity index (χ0v) is 18.4. The van der Waals surface area contributed by atoms with E-state index in [4.69, 9.17) is 14.2 Å². The molecule has 7 heteroatoms. The first kappa shape index (κ1) is 22.5. The highest BCUT2D eigenvalue weighted by Crippen LogP contribution is 2.29. The molecule has 7 nitrogen and oxygen atoms in total. The van der Waals surface area contributed by atoms with Crippen molar-refractivity contribution in [3.8, 4) is 17.2 Å². The third kappa shape index (κ3) is 5.48. The van der Waals surface area contributed by atoms with E-state index in [0.29, 0.717) is 49.0 Å². The number of carbonyl (C=O) groups excluding carboxylic acids is 2. The second kappa shape index (κ2) is 10.7. The van der Waals surface area contributed by atoms with Gasteiger partial charge in [0, 0.05) is 26.2 Å². The molecule has 0 atom stereocenters. The lowest BCUT2D eigenvalue weighted by atomic mass is 10.1. The predicted molar refractivity (Wildman–Crippen MR) is 118 cm³/mol. The lowest BCUT2D eigenvalue weighted by Crippen LogP contribution is -2.51. The Balaban J connectivity index is 1.53. The van der Waals surface area contributed by atoms with Crippen LogP contribution in [-0.2, 0) is 11.2 Å². The van der Waals surface area contributed by atoms with Crippen molar-refractivity contribution in [2.75, 3.05) is 47.0 Å². The number of carbonyl (C=O) groups is 2. The number of hydrogen-bond donors (Lipinski definition) is 0. The fourth-order valence-corrected chi connectivity index (χ4v) is 3.66. The molecule has 0 saturated carbocycles. The highest BCUT2D eigenvalue weighted by molar-refractivity contribution is 6.00. The van der Waals surface area contributed by atoms with E-state index in [1.807, 2.05) is 24.3 Å². The largest absolute Gasteiger partial charge is 0.496 e. The van der Waals surface area contributed by atoms with Gasteiger partial charge in [-0.25, -0.2) is 0 Å². The van der Waals surface area contributed by atoms with Gasteiger partial charge in [0.2, 0.25) is 0 Å². The number of amides is 2. The maximum atomic E-state index is 13.1. The number of methoxy groups -OCH3 is 2. The van der Waals surface area contributed by atoms with Gasteiger partial charge in [-0.05, 0) is 36.2 Å². The lowest BCUT2D eigenvalue weighted by Gasteiger charge is -2.35. The van der Waals surface area contributed by atoms with Crippen molar-refractivity contribution in [1.82, 2.24) is 9.80 Å². The van der Waals surface area contributed by atoms with Gasteiger partial charge in [-0.2, -0.15) is 0 Å². The Morgan fingerprint density at radius 2 is 1.45 bits per heavy atom. The molecule has 2 aromatic rings. The number of benzene rings is 2. The molecule has 0 N–H and O–H groups in total. The molecule has 0 aromatic heterocycles. The van der Waals surface area contributed by atoms with Gasteiger partial charge < -0.3 is 24.0 Å². The van der Waals surface area contributed by atoms with Gasteiger partial charge in [0.1, 0.15) is 22.8 Å². The van der Waals surface area contributed by atoms with Gasteiger partial charge in [0.15, 0.2) is 6.61 Å². The third-order valence-corrected chi connectivity index (χ3v) is 5.39. The molecular weight excluding hydrogens is 396 g/mol. The summed E-state index contributed by atoms with van der Waals surface area (Å²) in [6.45, 7) is 3.93. The summed E-state index contributed by atoms with van der Waals surface area (Å²) in [6.07, 6.45) is 2.12. The minimum atomic E-state index is -0.162. The van der Waals surface area contributed by atoms with Crippen molar-refractivity contribution in [3.05, 3.63) is 53.6 Å². The summed E-state index contributed by atoms with van der Waals surface area (Å²) in [5, 5.41) is 0. The van der Waals surface area contributed by atoms with Gasteiger partial charge in [-0.3, -0.25) is 9.59 Å². The first-order valence-corrected chi connectivity index (χ1v) is 10.6. The van der Waals surface area contributed by atoms with Crippen LogP contribution in [0.1, 0.15) is 29.3 Å². The van der Waals surface area contributed by atoms with Crippen molar-refractivity contribution in [1.29, 1.82) is 0 Å². The van der Waals surface area contributed by atoms with Crippen LogP contribution in [0.2, 0.25) is 0 Å². The average Bonchev–Trinajstić information content (AvgIpc) is 2.82. The molecule has 1 fully saturated rings. The highest BCUT2D eigenvalue weighted by Gasteiger charge is 2.28. The second-order valence-electron chi connectivity index (χ2n) is 7.39. The maximum absolute atomic E-state index is 13.1. The monoisotopic (exact) mass is 426 g/mol. The molecular formula is C24H30N2O5. The Kier molecular flexibility index (Phi) is 7.76. The molecule has 0 radical (unpaired) electrons. The topological polar surface area (TPSA) is 68.3 Å². The van der Waals surface area contributed by atoms with Gasteiger partial charge in [0.25, 0.3) is 11.8 Å². The minimum absolute atomic E-state index is 0.0125. The smallest absolute Gasteiger partial charge is 0.261 e. The fraction of sp³-hybridized carbons (Fsp3) is 0.417. The molecule has 3 rings (SSSR count). The van der Waals surface area contributed by atoms with Crippen LogP contribution in [0.3, 0.4) is 0 Å². The SMILES string of the molecule is CCCc1ccc(OCC(=O)N2CCN(C(=O)c3c(OC)cccc3OC)CC2)cc1. The van der Waals surface area contributed by atoms with E-state index >= 15 is 0 Å². The molecule has 31 heavy (non-hydrogen) atoms. The van der Waals surface area contributed by atoms with Crippen LogP contribution in [0.25, 0.3) is 0 Å². The van der Waals surface area contributed by atoms with E-state index in [0.717, 1.165) is 12.8 Å². The van der Waals surface area contributed by atoms with Crippen molar-refractivity contribution >= 4 is 11.8 Å². The molecule has 1 saturated heterocycles. The first-order chi connectivity index (χ1) is 15.1. The summed E-state index contributed by atoms with van der Waals surface area (Å²) in [5.74, 6) is 1.39. The van der Waals surface area contributed by atoms with Gasteiger partial charge in [-0.1, -0.05) is 31.5 Å². The standard InChI is InChI=1S/C24H30N2O5/c1-4-6-18-9-11-19(12-10-18)31-17-22(27)25-13-15-26(16-14-25)24(28)23-20(29-2)7-5-8-21(23)30-3/h5,7-12H,4,6,13-17H2,1-3H3. The zero-order chi connectivity index (χ0) is 22.2. The highest BCUT2D eigenvalue weighted by atomic mass is 16.5. The fourth-order valence-electron chi connectivity index (χ4n) is 3.66.